The number of aromatic nitrogens is 4. The van der Waals surface area contributed by atoms with E-state index in [1.54, 1.807) is 0 Å². The fourth-order valence-corrected chi connectivity index (χ4v) is 3.28. The number of tetrazole rings is 1. The van der Waals surface area contributed by atoms with Crippen molar-refractivity contribution in [3.63, 3.8) is 0 Å². The van der Waals surface area contributed by atoms with Crippen LogP contribution in [0.5, 0.6) is 0 Å². The van der Waals surface area contributed by atoms with E-state index in [-0.39, 0.29) is 24.4 Å². The molecule has 3 aliphatic rings. The summed E-state index contributed by atoms with van der Waals surface area (Å²) in [6.45, 7) is 7.90. The second-order valence-corrected chi connectivity index (χ2v) is 6.68. The highest BCUT2D eigenvalue weighted by molar-refractivity contribution is 4.99. The Balaban J connectivity index is 1.62. The van der Waals surface area contributed by atoms with Crippen molar-refractivity contribution in [3.8, 4) is 0 Å². The zero-order chi connectivity index (χ0) is 15.5. The summed E-state index contributed by atoms with van der Waals surface area (Å²) in [6, 6.07) is -0.281. The minimum absolute atomic E-state index is 0.244. The third-order valence-corrected chi connectivity index (χ3v) is 4.08. The Morgan fingerprint density at radius 3 is 2.50 bits per heavy atom. The number of ether oxygens (including phenoxy) is 5. The lowest BCUT2D eigenvalue weighted by Crippen LogP contribution is -2.41. The highest BCUT2D eigenvalue weighted by Crippen LogP contribution is 2.45. The second-order valence-electron chi connectivity index (χ2n) is 6.68. The van der Waals surface area contributed by atoms with E-state index in [1.807, 2.05) is 27.7 Å². The Morgan fingerprint density at radius 1 is 1.05 bits per heavy atom. The van der Waals surface area contributed by atoms with Crippen molar-refractivity contribution in [2.75, 3.05) is 6.61 Å². The minimum atomic E-state index is -0.703. The van der Waals surface area contributed by atoms with Gasteiger partial charge in [0.05, 0.1) is 6.61 Å². The van der Waals surface area contributed by atoms with Crippen LogP contribution in [0.2, 0.25) is 0 Å². The lowest BCUT2D eigenvalue weighted by atomic mass is 10.0. The standard InChI is InChI=1S/C13H20N4O5/c1-12(2)18-5-7(20-12)9-8(17-15-6-14-16-17)10-11(19-9)22-13(3,4)21-10/h6-11H,5H2,1-4H3/t7-,8+,9-,10-,11-/m1/s1. The van der Waals surface area contributed by atoms with E-state index in [9.17, 15) is 0 Å². The van der Waals surface area contributed by atoms with Crippen LogP contribution in [0.15, 0.2) is 6.33 Å². The van der Waals surface area contributed by atoms with Gasteiger partial charge >= 0.3 is 0 Å². The van der Waals surface area contributed by atoms with E-state index in [0.29, 0.717) is 6.61 Å². The van der Waals surface area contributed by atoms with Gasteiger partial charge in [-0.2, -0.15) is 4.80 Å². The molecular formula is C13H20N4O5. The van der Waals surface area contributed by atoms with Crippen LogP contribution >= 0.6 is 0 Å². The number of rotatable bonds is 2. The first-order valence-electron chi connectivity index (χ1n) is 7.40. The molecule has 0 amide bonds. The molecule has 1 aromatic heterocycles. The molecule has 0 spiro atoms. The summed E-state index contributed by atoms with van der Waals surface area (Å²) in [5, 5.41) is 11.9. The zero-order valence-electron chi connectivity index (χ0n) is 13.0. The summed E-state index contributed by atoms with van der Waals surface area (Å²) in [7, 11) is 0. The monoisotopic (exact) mass is 312 g/mol. The first-order chi connectivity index (χ1) is 10.3. The largest absolute Gasteiger partial charge is 0.348 e. The highest BCUT2D eigenvalue weighted by Gasteiger charge is 2.59. The number of nitrogens with zero attached hydrogens (tertiary/aromatic N) is 4. The molecule has 9 heteroatoms. The van der Waals surface area contributed by atoms with Gasteiger partial charge in [-0.05, 0) is 32.9 Å². The van der Waals surface area contributed by atoms with Crippen LogP contribution in [0.3, 0.4) is 0 Å². The molecule has 3 fully saturated rings. The molecule has 0 saturated carbocycles. The Labute approximate surface area is 127 Å². The van der Waals surface area contributed by atoms with Crippen LogP contribution in [0, 0.1) is 0 Å². The van der Waals surface area contributed by atoms with Gasteiger partial charge in [0.2, 0.25) is 0 Å². The Bertz CT molecular complexity index is 549. The zero-order valence-corrected chi connectivity index (χ0v) is 13.0. The van der Waals surface area contributed by atoms with Gasteiger partial charge in [-0.1, -0.05) is 0 Å². The molecule has 3 aliphatic heterocycles. The smallest absolute Gasteiger partial charge is 0.189 e. The average molecular weight is 312 g/mol. The first kappa shape index (κ1) is 14.5. The average Bonchev–Trinajstić information content (AvgIpc) is 3.11. The van der Waals surface area contributed by atoms with Gasteiger partial charge in [-0.15, -0.1) is 10.2 Å². The number of hydrogen-bond donors (Lipinski definition) is 0. The predicted octanol–water partition coefficient (Wildman–Crippen LogP) is 0.242. The molecule has 3 saturated heterocycles. The van der Waals surface area contributed by atoms with Crippen molar-refractivity contribution in [1.82, 2.24) is 20.2 Å². The molecule has 0 bridgehead atoms. The van der Waals surface area contributed by atoms with Crippen molar-refractivity contribution < 1.29 is 23.7 Å². The van der Waals surface area contributed by atoms with Crippen LogP contribution < -0.4 is 0 Å². The van der Waals surface area contributed by atoms with Gasteiger partial charge in [0.1, 0.15) is 24.4 Å². The van der Waals surface area contributed by atoms with Gasteiger partial charge in [0, 0.05) is 0 Å². The lowest BCUT2D eigenvalue weighted by molar-refractivity contribution is -0.226. The topological polar surface area (TPSA) is 89.8 Å². The third-order valence-electron chi connectivity index (χ3n) is 4.08. The SMILES string of the molecule is CC1(C)O[C@H]2O[C@H]([C@H]3COC(C)(C)O3)[C@H](n3ncnn3)[C@H]2O1. The van der Waals surface area contributed by atoms with Crippen molar-refractivity contribution in [3.05, 3.63) is 6.33 Å². The molecule has 22 heavy (non-hydrogen) atoms. The fraction of sp³-hybridized carbons (Fsp3) is 0.923. The fourth-order valence-electron chi connectivity index (χ4n) is 3.28. The molecule has 4 rings (SSSR count). The van der Waals surface area contributed by atoms with E-state index < -0.39 is 17.9 Å². The van der Waals surface area contributed by atoms with Crippen LogP contribution in [0.4, 0.5) is 0 Å². The Kier molecular flexibility index (Phi) is 3.08. The van der Waals surface area contributed by atoms with Crippen LogP contribution in [-0.4, -0.2) is 63.0 Å². The maximum absolute atomic E-state index is 6.05. The quantitative estimate of drug-likeness (QED) is 0.767. The summed E-state index contributed by atoms with van der Waals surface area (Å²) in [6.07, 6.45) is 0.0141. The van der Waals surface area contributed by atoms with E-state index >= 15 is 0 Å². The summed E-state index contributed by atoms with van der Waals surface area (Å²) in [4.78, 5) is 1.51. The molecule has 5 atom stereocenters. The van der Waals surface area contributed by atoms with Crippen molar-refractivity contribution in [2.24, 2.45) is 0 Å². The van der Waals surface area contributed by atoms with E-state index in [2.05, 4.69) is 15.4 Å². The van der Waals surface area contributed by atoms with Crippen LogP contribution in [0.25, 0.3) is 0 Å². The maximum atomic E-state index is 6.05. The summed E-state index contributed by atoms with van der Waals surface area (Å²) in [5.41, 5.74) is 0. The Hall–Kier alpha value is -1.13. The maximum Gasteiger partial charge on any atom is 0.189 e. The summed E-state index contributed by atoms with van der Waals surface area (Å²) in [5.74, 6) is -1.33. The van der Waals surface area contributed by atoms with Gasteiger partial charge in [0.25, 0.3) is 0 Å². The molecular weight excluding hydrogens is 292 g/mol. The molecule has 0 N–H and O–H groups in total. The minimum Gasteiger partial charge on any atom is -0.348 e. The third kappa shape index (κ3) is 2.33. The molecule has 4 heterocycles. The first-order valence-corrected chi connectivity index (χ1v) is 7.40. The second kappa shape index (κ2) is 4.68. The molecule has 0 aliphatic carbocycles. The van der Waals surface area contributed by atoms with Crippen LogP contribution in [-0.2, 0) is 23.7 Å². The van der Waals surface area contributed by atoms with Crippen molar-refractivity contribution in [2.45, 2.75) is 69.9 Å². The van der Waals surface area contributed by atoms with Gasteiger partial charge in [0.15, 0.2) is 24.2 Å². The van der Waals surface area contributed by atoms with Crippen molar-refractivity contribution >= 4 is 0 Å². The molecule has 0 radical (unpaired) electrons. The highest BCUT2D eigenvalue weighted by atomic mass is 16.8. The van der Waals surface area contributed by atoms with Crippen molar-refractivity contribution in [1.29, 1.82) is 0 Å². The molecule has 122 valence electrons. The molecule has 0 aromatic carbocycles. The van der Waals surface area contributed by atoms with Crippen LogP contribution in [0.1, 0.15) is 33.7 Å². The predicted molar refractivity (Wildman–Crippen MR) is 70.5 cm³/mol. The molecule has 1 aromatic rings. The normalized spacial score (nSPS) is 42.6. The molecule has 9 nitrogen and oxygen atoms in total. The van der Waals surface area contributed by atoms with Gasteiger partial charge in [-0.3, -0.25) is 0 Å². The van der Waals surface area contributed by atoms with E-state index in [1.165, 1.54) is 11.1 Å². The van der Waals surface area contributed by atoms with Gasteiger partial charge < -0.3 is 23.7 Å². The lowest BCUT2D eigenvalue weighted by Gasteiger charge is -2.28. The van der Waals surface area contributed by atoms with Gasteiger partial charge in [-0.25, -0.2) is 0 Å². The Morgan fingerprint density at radius 2 is 1.86 bits per heavy atom. The van der Waals surface area contributed by atoms with E-state index in [0.717, 1.165) is 0 Å². The summed E-state index contributed by atoms with van der Waals surface area (Å²) < 4.78 is 29.4. The number of fused-ring (bicyclic) bond motifs is 1. The number of hydrogen-bond acceptors (Lipinski definition) is 8. The molecule has 0 unspecified atom stereocenters. The van der Waals surface area contributed by atoms with E-state index in [4.69, 9.17) is 23.7 Å². The summed E-state index contributed by atoms with van der Waals surface area (Å²) >= 11 is 0.